The summed E-state index contributed by atoms with van der Waals surface area (Å²) >= 11 is 1.65. The first-order valence-electron chi connectivity index (χ1n) is 5.52. The first-order chi connectivity index (χ1) is 7.56. The summed E-state index contributed by atoms with van der Waals surface area (Å²) in [7, 11) is 1.84. The van der Waals surface area contributed by atoms with E-state index in [9.17, 15) is 4.79 Å². The van der Waals surface area contributed by atoms with Gasteiger partial charge in [-0.05, 0) is 28.3 Å². The highest BCUT2D eigenvalue weighted by molar-refractivity contribution is 7.07. The van der Waals surface area contributed by atoms with Crippen molar-refractivity contribution in [1.82, 2.24) is 4.90 Å². The minimum Gasteiger partial charge on any atom is -0.341 e. The average molecular weight is 240 g/mol. The van der Waals surface area contributed by atoms with E-state index in [0.29, 0.717) is 19.0 Å². The molecule has 1 aromatic heterocycles. The number of nitrogens with two attached hydrogens (primary N) is 1. The molecule has 0 aromatic carbocycles. The third-order valence-corrected chi connectivity index (χ3v) is 3.48. The van der Waals surface area contributed by atoms with Crippen molar-refractivity contribution in [2.45, 2.75) is 20.4 Å². The molecule has 16 heavy (non-hydrogen) atoms. The van der Waals surface area contributed by atoms with Crippen LogP contribution in [0.4, 0.5) is 0 Å². The average Bonchev–Trinajstić information content (AvgIpc) is 2.70. The van der Waals surface area contributed by atoms with Gasteiger partial charge in [0.25, 0.3) is 0 Å². The van der Waals surface area contributed by atoms with Crippen molar-refractivity contribution in [3.8, 4) is 0 Å². The van der Waals surface area contributed by atoms with Crippen molar-refractivity contribution in [2.75, 3.05) is 13.6 Å². The molecular weight excluding hydrogens is 220 g/mol. The molecule has 0 aliphatic heterocycles. The number of carbonyl (C=O) groups excluding carboxylic acids is 1. The minimum atomic E-state index is -0.0661. The smallest absolute Gasteiger partial charge is 0.227 e. The van der Waals surface area contributed by atoms with Gasteiger partial charge in [-0.25, -0.2) is 0 Å². The monoisotopic (exact) mass is 240 g/mol. The van der Waals surface area contributed by atoms with Gasteiger partial charge in [-0.1, -0.05) is 13.8 Å². The fourth-order valence-corrected chi connectivity index (χ4v) is 2.34. The van der Waals surface area contributed by atoms with Crippen molar-refractivity contribution in [3.63, 3.8) is 0 Å². The van der Waals surface area contributed by atoms with Gasteiger partial charge >= 0.3 is 0 Å². The van der Waals surface area contributed by atoms with Crippen molar-refractivity contribution in [1.29, 1.82) is 0 Å². The van der Waals surface area contributed by atoms with E-state index in [1.54, 1.807) is 16.2 Å². The second kappa shape index (κ2) is 6.01. The topological polar surface area (TPSA) is 46.3 Å². The summed E-state index contributed by atoms with van der Waals surface area (Å²) < 4.78 is 0. The molecule has 0 bridgehead atoms. The molecular formula is C12H20N2OS. The number of hydrogen-bond donors (Lipinski definition) is 1. The maximum Gasteiger partial charge on any atom is 0.227 e. The molecule has 0 spiro atoms. The lowest BCUT2D eigenvalue weighted by molar-refractivity contribution is -0.135. The van der Waals surface area contributed by atoms with Crippen LogP contribution in [0.1, 0.15) is 19.4 Å². The zero-order chi connectivity index (χ0) is 12.1. The zero-order valence-corrected chi connectivity index (χ0v) is 11.0. The van der Waals surface area contributed by atoms with Crippen LogP contribution in [0.2, 0.25) is 0 Å². The predicted octanol–water partition coefficient (Wildman–Crippen LogP) is 1.94. The molecule has 3 nitrogen and oxygen atoms in total. The summed E-state index contributed by atoms with van der Waals surface area (Å²) in [5.41, 5.74) is 6.82. The third kappa shape index (κ3) is 3.32. The van der Waals surface area contributed by atoms with E-state index in [1.807, 2.05) is 32.3 Å². The molecule has 1 aromatic rings. The fraction of sp³-hybridized carbons (Fsp3) is 0.583. The van der Waals surface area contributed by atoms with Gasteiger partial charge in [-0.3, -0.25) is 4.79 Å². The molecule has 1 rings (SSSR count). The van der Waals surface area contributed by atoms with Gasteiger partial charge in [0.05, 0.1) is 5.92 Å². The summed E-state index contributed by atoms with van der Waals surface area (Å²) in [6.07, 6.45) is 0. The molecule has 2 N–H and O–H groups in total. The Labute approximate surface area is 101 Å². The Balaban J connectivity index is 2.59. The maximum absolute atomic E-state index is 12.1. The van der Waals surface area contributed by atoms with Crippen LogP contribution in [-0.4, -0.2) is 24.4 Å². The summed E-state index contributed by atoms with van der Waals surface area (Å²) in [5, 5.41) is 4.09. The van der Waals surface area contributed by atoms with Crippen LogP contribution in [0.3, 0.4) is 0 Å². The minimum absolute atomic E-state index is 0.0661. The lowest BCUT2D eigenvalue weighted by atomic mass is 9.94. The van der Waals surface area contributed by atoms with E-state index in [1.165, 1.54) is 5.56 Å². The van der Waals surface area contributed by atoms with E-state index in [4.69, 9.17) is 5.73 Å². The lowest BCUT2D eigenvalue weighted by Gasteiger charge is -2.25. The van der Waals surface area contributed by atoms with Crippen LogP contribution >= 0.6 is 11.3 Å². The highest BCUT2D eigenvalue weighted by Gasteiger charge is 2.23. The van der Waals surface area contributed by atoms with Crippen LogP contribution in [0.25, 0.3) is 0 Å². The second-order valence-electron chi connectivity index (χ2n) is 4.41. The SMILES string of the molecule is CC(C)C(CN)C(=O)N(C)Cc1ccsc1. The van der Waals surface area contributed by atoms with Crippen molar-refractivity contribution in [2.24, 2.45) is 17.6 Å². The van der Waals surface area contributed by atoms with E-state index in [0.717, 1.165) is 0 Å². The van der Waals surface area contributed by atoms with Crippen molar-refractivity contribution >= 4 is 17.2 Å². The molecule has 1 atom stereocenters. The van der Waals surface area contributed by atoms with Crippen LogP contribution in [0.5, 0.6) is 0 Å². The molecule has 0 aliphatic carbocycles. The quantitative estimate of drug-likeness (QED) is 0.855. The van der Waals surface area contributed by atoms with Crippen LogP contribution in [0, 0.1) is 11.8 Å². The number of hydrogen-bond acceptors (Lipinski definition) is 3. The van der Waals surface area contributed by atoms with Crippen molar-refractivity contribution < 1.29 is 4.79 Å². The number of amides is 1. The molecule has 0 fully saturated rings. The van der Waals surface area contributed by atoms with E-state index >= 15 is 0 Å². The molecule has 4 heteroatoms. The Bertz CT molecular complexity index is 322. The molecule has 0 saturated heterocycles. The first-order valence-corrected chi connectivity index (χ1v) is 6.46. The normalized spacial score (nSPS) is 12.8. The van der Waals surface area contributed by atoms with Gasteiger partial charge in [0.1, 0.15) is 0 Å². The maximum atomic E-state index is 12.1. The molecule has 0 aliphatic rings. The lowest BCUT2D eigenvalue weighted by Crippen LogP contribution is -2.38. The first kappa shape index (κ1) is 13.2. The predicted molar refractivity (Wildman–Crippen MR) is 68.2 cm³/mol. The standard InChI is InChI=1S/C12H20N2OS/c1-9(2)11(6-13)12(15)14(3)7-10-4-5-16-8-10/h4-5,8-9,11H,6-7,13H2,1-3H3. The Morgan fingerprint density at radius 3 is 2.69 bits per heavy atom. The van der Waals surface area contributed by atoms with Crippen LogP contribution < -0.4 is 5.73 Å². The van der Waals surface area contributed by atoms with E-state index in [-0.39, 0.29) is 11.8 Å². The van der Waals surface area contributed by atoms with Gasteiger partial charge in [-0.2, -0.15) is 11.3 Å². The van der Waals surface area contributed by atoms with Crippen molar-refractivity contribution in [3.05, 3.63) is 22.4 Å². The number of rotatable bonds is 5. The molecule has 1 heterocycles. The van der Waals surface area contributed by atoms with Gasteiger partial charge in [-0.15, -0.1) is 0 Å². The van der Waals surface area contributed by atoms with Gasteiger partial charge in [0, 0.05) is 20.1 Å². The van der Waals surface area contributed by atoms with E-state index in [2.05, 4.69) is 5.38 Å². The Morgan fingerprint density at radius 1 is 1.56 bits per heavy atom. The third-order valence-electron chi connectivity index (χ3n) is 2.75. The van der Waals surface area contributed by atoms with Gasteiger partial charge in [0.2, 0.25) is 5.91 Å². The Morgan fingerprint density at radius 2 is 2.25 bits per heavy atom. The number of nitrogens with zero attached hydrogens (tertiary/aromatic N) is 1. The zero-order valence-electron chi connectivity index (χ0n) is 10.1. The highest BCUT2D eigenvalue weighted by atomic mass is 32.1. The highest BCUT2D eigenvalue weighted by Crippen LogP contribution is 2.15. The summed E-state index contributed by atoms with van der Waals surface area (Å²) in [6.45, 7) is 5.16. The summed E-state index contributed by atoms with van der Waals surface area (Å²) in [6, 6.07) is 2.04. The van der Waals surface area contributed by atoms with Crippen LogP contribution in [0.15, 0.2) is 16.8 Å². The molecule has 90 valence electrons. The van der Waals surface area contributed by atoms with Gasteiger partial charge in [0.15, 0.2) is 0 Å². The Kier molecular flexibility index (Phi) is 4.96. The molecule has 1 unspecified atom stereocenters. The molecule has 1 amide bonds. The largest absolute Gasteiger partial charge is 0.341 e. The van der Waals surface area contributed by atoms with E-state index < -0.39 is 0 Å². The Hall–Kier alpha value is -0.870. The van der Waals surface area contributed by atoms with Crippen LogP contribution in [-0.2, 0) is 11.3 Å². The number of thiophene rings is 1. The summed E-state index contributed by atoms with van der Waals surface area (Å²) in [5.74, 6) is 0.370. The second-order valence-corrected chi connectivity index (χ2v) is 5.19. The summed E-state index contributed by atoms with van der Waals surface area (Å²) in [4.78, 5) is 13.9. The van der Waals surface area contributed by atoms with Gasteiger partial charge < -0.3 is 10.6 Å². The fourth-order valence-electron chi connectivity index (χ4n) is 1.68. The molecule has 0 radical (unpaired) electrons. The molecule has 0 saturated carbocycles. The number of carbonyl (C=O) groups is 1.